The van der Waals surface area contributed by atoms with Crippen molar-refractivity contribution >= 4 is 35.0 Å². The lowest BCUT2D eigenvalue weighted by atomic mass is 10.2. The third-order valence-corrected chi connectivity index (χ3v) is 4.64. The zero-order chi connectivity index (χ0) is 19.6. The maximum absolute atomic E-state index is 12.5. The van der Waals surface area contributed by atoms with Crippen LogP contribution < -0.4 is 4.74 Å². The minimum atomic E-state index is -0.642. The number of ether oxygens (including phenoxy) is 2. The van der Waals surface area contributed by atoms with Crippen molar-refractivity contribution < 1.29 is 33.4 Å². The summed E-state index contributed by atoms with van der Waals surface area (Å²) in [5.74, 6) is -0.614. The first kappa shape index (κ1) is 18.6. The summed E-state index contributed by atoms with van der Waals surface area (Å²) in [5.41, 5.74) is 0.598. The molecule has 1 aliphatic heterocycles. The summed E-state index contributed by atoms with van der Waals surface area (Å²) >= 11 is 0.793. The molecular weight excluding hydrogens is 374 g/mol. The zero-order valence-corrected chi connectivity index (χ0v) is 15.2. The molecule has 9 heteroatoms. The molecule has 8 nitrogen and oxygen atoms in total. The highest BCUT2D eigenvalue weighted by molar-refractivity contribution is 8.18. The number of methoxy groups -OCH3 is 2. The lowest BCUT2D eigenvalue weighted by molar-refractivity contribution is -0.123. The fraction of sp³-hybridized carbons (Fsp3) is 0.167. The number of thioether (sulfide) groups is 1. The number of aromatic hydroxyl groups is 1. The maximum Gasteiger partial charge on any atom is 0.373 e. The number of carbonyl (C=O) groups excluding carboxylic acids is 3. The van der Waals surface area contributed by atoms with Gasteiger partial charge in [-0.3, -0.25) is 14.5 Å². The predicted octanol–water partition coefficient (Wildman–Crippen LogP) is 3.02. The van der Waals surface area contributed by atoms with Crippen LogP contribution in [0.1, 0.15) is 21.9 Å². The molecule has 27 heavy (non-hydrogen) atoms. The molecule has 0 unspecified atom stereocenters. The molecule has 0 saturated carbocycles. The average molecular weight is 389 g/mol. The molecular formula is C18H15NO7S. The van der Waals surface area contributed by atoms with Gasteiger partial charge in [0.25, 0.3) is 11.1 Å². The van der Waals surface area contributed by atoms with Crippen LogP contribution in [-0.2, 0) is 16.1 Å². The number of rotatable bonds is 5. The van der Waals surface area contributed by atoms with Crippen LogP contribution in [-0.4, -0.2) is 41.3 Å². The number of esters is 1. The topological polar surface area (TPSA) is 106 Å². The highest BCUT2D eigenvalue weighted by atomic mass is 32.2. The fourth-order valence-electron chi connectivity index (χ4n) is 2.40. The zero-order valence-electron chi connectivity index (χ0n) is 14.4. The van der Waals surface area contributed by atoms with Crippen LogP contribution in [0.4, 0.5) is 4.79 Å². The van der Waals surface area contributed by atoms with Crippen LogP contribution in [0.15, 0.2) is 39.7 Å². The van der Waals surface area contributed by atoms with Crippen LogP contribution in [0.3, 0.4) is 0 Å². The highest BCUT2D eigenvalue weighted by Gasteiger charge is 2.35. The van der Waals surface area contributed by atoms with Gasteiger partial charge in [0, 0.05) is 0 Å². The highest BCUT2D eigenvalue weighted by Crippen LogP contribution is 2.35. The number of carbonyl (C=O) groups is 3. The van der Waals surface area contributed by atoms with Crippen LogP contribution in [0.2, 0.25) is 0 Å². The summed E-state index contributed by atoms with van der Waals surface area (Å²) < 4.78 is 14.9. The number of phenolic OH excluding ortho intramolecular Hbond substituents is 1. The van der Waals surface area contributed by atoms with Gasteiger partial charge in [-0.05, 0) is 47.7 Å². The Bertz CT molecular complexity index is 947. The molecule has 2 aromatic rings. The molecule has 3 rings (SSSR count). The van der Waals surface area contributed by atoms with E-state index in [0.717, 1.165) is 16.7 Å². The molecule has 1 aliphatic rings. The number of phenols is 1. The first-order valence-electron chi connectivity index (χ1n) is 7.72. The van der Waals surface area contributed by atoms with E-state index < -0.39 is 17.1 Å². The van der Waals surface area contributed by atoms with Crippen molar-refractivity contribution in [1.82, 2.24) is 4.90 Å². The Balaban J connectivity index is 1.78. The van der Waals surface area contributed by atoms with Crippen molar-refractivity contribution in [3.63, 3.8) is 0 Å². The van der Waals surface area contributed by atoms with Crippen molar-refractivity contribution in [2.24, 2.45) is 0 Å². The molecule has 1 aromatic heterocycles. The van der Waals surface area contributed by atoms with Gasteiger partial charge in [0.1, 0.15) is 5.76 Å². The van der Waals surface area contributed by atoms with E-state index in [-0.39, 0.29) is 34.5 Å². The van der Waals surface area contributed by atoms with Crippen LogP contribution in [0.25, 0.3) is 6.08 Å². The Labute approximate surface area is 158 Å². The number of nitrogens with zero attached hydrogens (tertiary/aromatic N) is 1. The van der Waals surface area contributed by atoms with E-state index in [1.165, 1.54) is 38.5 Å². The van der Waals surface area contributed by atoms with Gasteiger partial charge in [-0.25, -0.2) is 4.79 Å². The van der Waals surface area contributed by atoms with Crippen molar-refractivity contribution in [1.29, 1.82) is 0 Å². The third-order valence-electron chi connectivity index (χ3n) is 3.74. The molecule has 1 N–H and O–H groups in total. The number of furan rings is 1. The molecule has 0 bridgehead atoms. The van der Waals surface area contributed by atoms with E-state index in [0.29, 0.717) is 5.56 Å². The van der Waals surface area contributed by atoms with Gasteiger partial charge in [0.2, 0.25) is 5.76 Å². The first-order chi connectivity index (χ1) is 12.9. The van der Waals surface area contributed by atoms with Gasteiger partial charge < -0.3 is 19.0 Å². The Kier molecular flexibility index (Phi) is 5.22. The molecule has 140 valence electrons. The molecule has 1 saturated heterocycles. The van der Waals surface area contributed by atoms with Gasteiger partial charge in [-0.1, -0.05) is 6.07 Å². The van der Waals surface area contributed by atoms with Gasteiger partial charge >= 0.3 is 5.97 Å². The monoisotopic (exact) mass is 389 g/mol. The van der Waals surface area contributed by atoms with Crippen LogP contribution in [0, 0.1) is 0 Å². The maximum atomic E-state index is 12.5. The second-order valence-corrected chi connectivity index (χ2v) is 6.45. The Morgan fingerprint density at radius 1 is 1.26 bits per heavy atom. The van der Waals surface area contributed by atoms with Crippen molar-refractivity contribution in [2.75, 3.05) is 14.2 Å². The SMILES string of the molecule is COC(=O)c1ccc(CN2C(=O)S/C(=C/c3ccc(O)c(OC)c3)C2=O)o1. The molecule has 0 spiro atoms. The molecule has 0 aliphatic carbocycles. The smallest absolute Gasteiger partial charge is 0.373 e. The van der Waals surface area contributed by atoms with E-state index in [2.05, 4.69) is 4.74 Å². The molecule has 1 fully saturated rings. The molecule has 2 heterocycles. The minimum absolute atomic E-state index is 0.00815. The summed E-state index contributed by atoms with van der Waals surface area (Å²) in [5, 5.41) is 9.18. The molecule has 0 atom stereocenters. The van der Waals surface area contributed by atoms with Gasteiger partial charge in [-0.2, -0.15) is 0 Å². The molecule has 2 amide bonds. The van der Waals surface area contributed by atoms with Crippen molar-refractivity contribution in [3.8, 4) is 11.5 Å². The summed E-state index contributed by atoms with van der Waals surface area (Å²) in [6.45, 7) is -0.0993. The fourth-order valence-corrected chi connectivity index (χ4v) is 3.24. The average Bonchev–Trinajstić information content (AvgIpc) is 3.23. The van der Waals surface area contributed by atoms with Crippen molar-refractivity contribution in [2.45, 2.75) is 6.54 Å². The quantitative estimate of drug-likeness (QED) is 0.614. The predicted molar refractivity (Wildman–Crippen MR) is 96.2 cm³/mol. The van der Waals surface area contributed by atoms with E-state index in [1.54, 1.807) is 12.1 Å². The second kappa shape index (κ2) is 7.58. The lowest BCUT2D eigenvalue weighted by Gasteiger charge is -2.10. The largest absolute Gasteiger partial charge is 0.504 e. The van der Waals surface area contributed by atoms with Gasteiger partial charge in [0.15, 0.2) is 11.5 Å². The second-order valence-electron chi connectivity index (χ2n) is 5.46. The standard InChI is InChI=1S/C18H15NO7S/c1-24-14-7-10(3-5-12(14)20)8-15-16(21)19(18(23)27-15)9-11-4-6-13(26-11)17(22)25-2/h3-8,20H,9H2,1-2H3/b15-8+. The Hall–Kier alpha value is -3.20. The first-order valence-corrected chi connectivity index (χ1v) is 8.54. The summed E-state index contributed by atoms with van der Waals surface area (Å²) in [7, 11) is 2.64. The summed E-state index contributed by atoms with van der Waals surface area (Å²) in [6.07, 6.45) is 1.54. The lowest BCUT2D eigenvalue weighted by Crippen LogP contribution is -2.27. The molecule has 1 aromatic carbocycles. The number of benzene rings is 1. The number of amides is 2. The number of imide groups is 1. The van der Waals surface area contributed by atoms with Crippen LogP contribution in [0.5, 0.6) is 11.5 Å². The van der Waals surface area contributed by atoms with Gasteiger partial charge in [0.05, 0.1) is 25.7 Å². The summed E-state index contributed by atoms with van der Waals surface area (Å²) in [6, 6.07) is 7.51. The van der Waals surface area contributed by atoms with E-state index in [1.807, 2.05) is 0 Å². The minimum Gasteiger partial charge on any atom is -0.504 e. The van der Waals surface area contributed by atoms with Gasteiger partial charge in [-0.15, -0.1) is 0 Å². The van der Waals surface area contributed by atoms with E-state index in [4.69, 9.17) is 9.15 Å². The van der Waals surface area contributed by atoms with E-state index in [9.17, 15) is 19.5 Å². The van der Waals surface area contributed by atoms with Crippen LogP contribution >= 0.6 is 11.8 Å². The third kappa shape index (κ3) is 3.82. The Morgan fingerprint density at radius 3 is 2.74 bits per heavy atom. The summed E-state index contributed by atoms with van der Waals surface area (Å²) in [4.78, 5) is 37.4. The number of hydrogen-bond acceptors (Lipinski definition) is 8. The number of hydrogen-bond donors (Lipinski definition) is 1. The van der Waals surface area contributed by atoms with Crippen molar-refractivity contribution in [3.05, 3.63) is 52.3 Å². The van der Waals surface area contributed by atoms with E-state index >= 15 is 0 Å². The molecule has 0 radical (unpaired) electrons. The Morgan fingerprint density at radius 2 is 2.04 bits per heavy atom. The normalized spacial score (nSPS) is 15.5.